The molecule has 0 radical (unpaired) electrons. The Bertz CT molecular complexity index is 409. The average molecular weight is 229 g/mol. The normalized spacial score (nSPS) is 13.5. The number of benzene rings is 1. The summed E-state index contributed by atoms with van der Waals surface area (Å²) in [4.78, 5) is 0. The minimum absolute atomic E-state index is 0.0895. The van der Waals surface area contributed by atoms with Gasteiger partial charge in [-0.1, -0.05) is 12.1 Å². The van der Waals surface area contributed by atoms with Gasteiger partial charge in [-0.3, -0.25) is 0 Å². The lowest BCUT2D eigenvalue weighted by Gasteiger charge is -2.06. The molecule has 2 N–H and O–H groups in total. The monoisotopic (exact) mass is 229 g/mol. The molecular formula is C10H15NO3S. The molecule has 0 aliphatic rings. The fraction of sp³-hybridized carbons (Fsp3) is 0.400. The molecule has 5 heteroatoms. The minimum Gasteiger partial charge on any atom is -0.383 e. The first-order valence-electron chi connectivity index (χ1n) is 4.61. The van der Waals surface area contributed by atoms with Crippen LogP contribution in [0.5, 0.6) is 5.75 Å². The number of hydrogen-bond acceptors (Lipinski definition) is 4. The minimum atomic E-state index is -3.44. The van der Waals surface area contributed by atoms with Crippen LogP contribution < -0.4 is 9.92 Å². The summed E-state index contributed by atoms with van der Waals surface area (Å²) in [6.07, 6.45) is 1.78. The van der Waals surface area contributed by atoms with E-state index in [1.807, 2.05) is 19.1 Å². The summed E-state index contributed by atoms with van der Waals surface area (Å²) in [5.41, 5.74) is 6.70. The molecule has 0 aliphatic heterocycles. The molecule has 15 heavy (non-hydrogen) atoms. The molecule has 1 rings (SSSR count). The molecule has 1 aromatic rings. The molecule has 4 nitrogen and oxygen atoms in total. The molecule has 84 valence electrons. The standard InChI is InChI=1S/C10H15NO3S/c1-8(11)7-9-3-5-10(6-4-9)14-15(2,12)13/h3-6,8H,7,11H2,1-2H3. The largest absolute Gasteiger partial charge is 0.383 e. The first-order valence-corrected chi connectivity index (χ1v) is 6.42. The second-order valence-electron chi connectivity index (χ2n) is 3.61. The van der Waals surface area contributed by atoms with Crippen molar-refractivity contribution in [3.8, 4) is 5.75 Å². The Balaban J connectivity index is 2.73. The van der Waals surface area contributed by atoms with Crippen LogP contribution in [0.25, 0.3) is 0 Å². The SMILES string of the molecule is CC(N)Cc1ccc(OS(C)(=O)=O)cc1. The Hall–Kier alpha value is -1.07. The van der Waals surface area contributed by atoms with Crippen molar-refractivity contribution in [2.45, 2.75) is 19.4 Å². The van der Waals surface area contributed by atoms with Crippen molar-refractivity contribution in [1.82, 2.24) is 0 Å². The van der Waals surface area contributed by atoms with E-state index in [0.717, 1.165) is 18.2 Å². The zero-order valence-corrected chi connectivity index (χ0v) is 9.62. The Morgan fingerprint density at radius 1 is 1.33 bits per heavy atom. The van der Waals surface area contributed by atoms with E-state index < -0.39 is 10.1 Å². The van der Waals surface area contributed by atoms with E-state index >= 15 is 0 Å². The maximum atomic E-state index is 10.8. The van der Waals surface area contributed by atoms with Crippen molar-refractivity contribution in [1.29, 1.82) is 0 Å². The van der Waals surface area contributed by atoms with Crippen LogP contribution in [0.2, 0.25) is 0 Å². The Morgan fingerprint density at radius 2 is 1.87 bits per heavy atom. The van der Waals surface area contributed by atoms with Crippen molar-refractivity contribution in [2.24, 2.45) is 5.73 Å². The molecule has 0 aliphatic carbocycles. The average Bonchev–Trinajstić information content (AvgIpc) is 2.05. The highest BCUT2D eigenvalue weighted by Gasteiger charge is 2.04. The molecule has 0 saturated carbocycles. The van der Waals surface area contributed by atoms with Crippen molar-refractivity contribution in [2.75, 3.05) is 6.26 Å². The lowest BCUT2D eigenvalue weighted by molar-refractivity contribution is 0.493. The number of hydrogen-bond donors (Lipinski definition) is 1. The van der Waals surface area contributed by atoms with Crippen LogP contribution in [0.1, 0.15) is 12.5 Å². The maximum absolute atomic E-state index is 10.8. The van der Waals surface area contributed by atoms with Crippen molar-refractivity contribution < 1.29 is 12.6 Å². The summed E-state index contributed by atoms with van der Waals surface area (Å²) in [5.74, 6) is 0.325. The third-order valence-corrected chi connectivity index (χ3v) is 2.22. The Kier molecular flexibility index (Phi) is 3.71. The zero-order valence-electron chi connectivity index (χ0n) is 8.80. The molecule has 0 bridgehead atoms. The number of rotatable bonds is 4. The number of nitrogens with two attached hydrogens (primary N) is 1. The van der Waals surface area contributed by atoms with Gasteiger partial charge in [-0.15, -0.1) is 0 Å². The van der Waals surface area contributed by atoms with Crippen LogP contribution >= 0.6 is 0 Å². The van der Waals surface area contributed by atoms with Crippen LogP contribution in [0.4, 0.5) is 0 Å². The quantitative estimate of drug-likeness (QED) is 0.779. The van der Waals surface area contributed by atoms with Gasteiger partial charge >= 0.3 is 10.1 Å². The predicted molar refractivity (Wildman–Crippen MR) is 59.3 cm³/mol. The molecular weight excluding hydrogens is 214 g/mol. The van der Waals surface area contributed by atoms with Crippen molar-refractivity contribution in [3.63, 3.8) is 0 Å². The summed E-state index contributed by atoms with van der Waals surface area (Å²) in [5, 5.41) is 0. The molecule has 1 atom stereocenters. The second-order valence-corrected chi connectivity index (χ2v) is 5.19. The van der Waals surface area contributed by atoms with Gasteiger partial charge in [0.1, 0.15) is 5.75 Å². The summed E-state index contributed by atoms with van der Waals surface area (Å²) in [6, 6.07) is 6.96. The van der Waals surface area contributed by atoms with Gasteiger partial charge in [0.05, 0.1) is 6.26 Å². The topological polar surface area (TPSA) is 69.4 Å². The molecule has 0 amide bonds. The van der Waals surface area contributed by atoms with E-state index in [1.54, 1.807) is 12.1 Å². The highest BCUT2D eigenvalue weighted by Crippen LogP contribution is 2.14. The van der Waals surface area contributed by atoms with Gasteiger partial charge in [0.2, 0.25) is 0 Å². The maximum Gasteiger partial charge on any atom is 0.306 e. The Morgan fingerprint density at radius 3 is 2.27 bits per heavy atom. The molecule has 0 aromatic heterocycles. The van der Waals surface area contributed by atoms with E-state index in [2.05, 4.69) is 0 Å². The highest BCUT2D eigenvalue weighted by molar-refractivity contribution is 7.86. The van der Waals surface area contributed by atoms with Gasteiger partial charge < -0.3 is 9.92 Å². The van der Waals surface area contributed by atoms with Crippen LogP contribution in [-0.2, 0) is 16.5 Å². The highest BCUT2D eigenvalue weighted by atomic mass is 32.2. The Labute approximate surface area is 90.2 Å². The van der Waals surface area contributed by atoms with Gasteiger partial charge in [-0.2, -0.15) is 8.42 Å². The predicted octanol–water partition coefficient (Wildman–Crippen LogP) is 0.915. The lowest BCUT2D eigenvalue weighted by atomic mass is 10.1. The molecule has 1 unspecified atom stereocenters. The summed E-state index contributed by atoms with van der Waals surface area (Å²) in [6.45, 7) is 1.92. The first-order chi connectivity index (χ1) is 6.87. The molecule has 0 spiro atoms. The van der Waals surface area contributed by atoms with Crippen LogP contribution in [-0.4, -0.2) is 20.7 Å². The van der Waals surface area contributed by atoms with Crippen molar-refractivity contribution >= 4 is 10.1 Å². The molecule has 0 saturated heterocycles. The fourth-order valence-corrected chi connectivity index (χ4v) is 1.69. The van der Waals surface area contributed by atoms with Crippen LogP contribution in [0, 0.1) is 0 Å². The van der Waals surface area contributed by atoms with E-state index in [1.165, 1.54) is 0 Å². The van der Waals surface area contributed by atoms with Crippen LogP contribution in [0.15, 0.2) is 24.3 Å². The summed E-state index contributed by atoms with van der Waals surface area (Å²) < 4.78 is 26.3. The summed E-state index contributed by atoms with van der Waals surface area (Å²) >= 11 is 0. The van der Waals surface area contributed by atoms with Gasteiger partial charge in [0.15, 0.2) is 0 Å². The second kappa shape index (κ2) is 4.63. The van der Waals surface area contributed by atoms with E-state index in [4.69, 9.17) is 9.92 Å². The third kappa shape index (κ3) is 4.80. The smallest absolute Gasteiger partial charge is 0.306 e. The van der Waals surface area contributed by atoms with E-state index in [0.29, 0.717) is 5.75 Å². The van der Waals surface area contributed by atoms with Gasteiger partial charge in [0, 0.05) is 6.04 Å². The van der Waals surface area contributed by atoms with Gasteiger partial charge in [-0.05, 0) is 31.0 Å². The van der Waals surface area contributed by atoms with E-state index in [-0.39, 0.29) is 6.04 Å². The summed E-state index contributed by atoms with van der Waals surface area (Å²) in [7, 11) is -3.44. The third-order valence-electron chi connectivity index (χ3n) is 1.73. The molecule has 1 aromatic carbocycles. The molecule has 0 fully saturated rings. The fourth-order valence-electron chi connectivity index (χ4n) is 1.23. The first kappa shape index (κ1) is 12.0. The van der Waals surface area contributed by atoms with E-state index in [9.17, 15) is 8.42 Å². The lowest BCUT2D eigenvalue weighted by Crippen LogP contribution is -2.17. The van der Waals surface area contributed by atoms with Crippen LogP contribution in [0.3, 0.4) is 0 Å². The van der Waals surface area contributed by atoms with Gasteiger partial charge in [0.25, 0.3) is 0 Å². The zero-order chi connectivity index (χ0) is 11.5. The van der Waals surface area contributed by atoms with Crippen molar-refractivity contribution in [3.05, 3.63) is 29.8 Å². The molecule has 0 heterocycles. The van der Waals surface area contributed by atoms with Gasteiger partial charge in [-0.25, -0.2) is 0 Å².